The van der Waals surface area contributed by atoms with Crippen molar-refractivity contribution in [1.29, 1.82) is 0 Å². The van der Waals surface area contributed by atoms with E-state index in [1.54, 1.807) is 18.4 Å². The monoisotopic (exact) mass is 213 g/mol. The molecule has 0 bridgehead atoms. The minimum Gasteiger partial charge on any atom is -0.496 e. The Morgan fingerprint density at radius 1 is 1.57 bits per heavy atom. The van der Waals surface area contributed by atoms with E-state index in [1.807, 2.05) is 11.4 Å². The van der Waals surface area contributed by atoms with E-state index in [4.69, 9.17) is 10.5 Å². The zero-order valence-corrected chi connectivity index (χ0v) is 9.93. The molecule has 0 fully saturated rings. The molecule has 1 aromatic rings. The molecule has 2 N–H and O–H groups in total. The largest absolute Gasteiger partial charge is 0.496 e. The van der Waals surface area contributed by atoms with Crippen molar-refractivity contribution in [3.63, 3.8) is 0 Å². The molecular weight excluding hydrogens is 194 g/mol. The fraction of sp³-hybridized carbons (Fsp3) is 0.636. The second-order valence-electron chi connectivity index (χ2n) is 3.68. The van der Waals surface area contributed by atoms with E-state index in [2.05, 4.69) is 13.8 Å². The summed E-state index contributed by atoms with van der Waals surface area (Å²) in [5.74, 6) is 1.47. The van der Waals surface area contributed by atoms with Crippen LogP contribution in [0, 0.1) is 5.92 Å². The van der Waals surface area contributed by atoms with E-state index < -0.39 is 0 Å². The van der Waals surface area contributed by atoms with Gasteiger partial charge in [-0.1, -0.05) is 20.3 Å². The van der Waals surface area contributed by atoms with Crippen molar-refractivity contribution < 1.29 is 4.74 Å². The van der Waals surface area contributed by atoms with Crippen molar-refractivity contribution in [1.82, 2.24) is 0 Å². The lowest BCUT2D eigenvalue weighted by Gasteiger charge is -2.17. The second-order valence-corrected chi connectivity index (χ2v) is 4.62. The molecule has 2 nitrogen and oxygen atoms in total. The molecule has 3 heteroatoms. The average Bonchev–Trinajstić information content (AvgIpc) is 2.65. The van der Waals surface area contributed by atoms with Gasteiger partial charge in [-0.2, -0.15) is 0 Å². The third kappa shape index (κ3) is 2.72. The molecular formula is C11H19NOS. The van der Waals surface area contributed by atoms with Crippen LogP contribution in [0.4, 0.5) is 0 Å². The molecule has 0 saturated heterocycles. The highest BCUT2D eigenvalue weighted by Gasteiger charge is 2.16. The molecule has 0 aromatic carbocycles. The maximum atomic E-state index is 6.15. The number of rotatable bonds is 5. The fourth-order valence-corrected chi connectivity index (χ4v) is 2.52. The van der Waals surface area contributed by atoms with Gasteiger partial charge in [0.1, 0.15) is 5.75 Å². The molecule has 1 rings (SSSR count). The van der Waals surface area contributed by atoms with Crippen LogP contribution < -0.4 is 10.5 Å². The van der Waals surface area contributed by atoms with Crippen molar-refractivity contribution in [3.05, 3.63) is 16.3 Å². The summed E-state index contributed by atoms with van der Waals surface area (Å²) >= 11 is 1.69. The lowest BCUT2D eigenvalue weighted by molar-refractivity contribution is 0.413. The Balaban J connectivity index is 2.63. The van der Waals surface area contributed by atoms with Gasteiger partial charge < -0.3 is 10.5 Å². The summed E-state index contributed by atoms with van der Waals surface area (Å²) in [4.78, 5) is 1.22. The fourth-order valence-electron chi connectivity index (χ4n) is 1.53. The Morgan fingerprint density at radius 2 is 2.29 bits per heavy atom. The lowest BCUT2D eigenvalue weighted by Crippen LogP contribution is -2.17. The van der Waals surface area contributed by atoms with Crippen molar-refractivity contribution in [3.8, 4) is 5.75 Å². The van der Waals surface area contributed by atoms with E-state index in [1.165, 1.54) is 17.7 Å². The minimum absolute atomic E-state index is 0.156. The number of hydrogen-bond donors (Lipinski definition) is 1. The van der Waals surface area contributed by atoms with Gasteiger partial charge in [-0.25, -0.2) is 0 Å². The summed E-state index contributed by atoms with van der Waals surface area (Å²) in [6.45, 7) is 4.40. The van der Waals surface area contributed by atoms with Crippen LogP contribution in [0.15, 0.2) is 11.4 Å². The van der Waals surface area contributed by atoms with Crippen molar-refractivity contribution >= 4 is 11.3 Å². The molecule has 0 spiro atoms. The van der Waals surface area contributed by atoms with Crippen LogP contribution in [-0.2, 0) is 0 Å². The van der Waals surface area contributed by atoms with Crippen LogP contribution in [-0.4, -0.2) is 7.11 Å². The quantitative estimate of drug-likeness (QED) is 0.815. The van der Waals surface area contributed by atoms with Crippen LogP contribution in [0.25, 0.3) is 0 Å². The zero-order chi connectivity index (χ0) is 10.6. The van der Waals surface area contributed by atoms with Crippen molar-refractivity contribution in [2.24, 2.45) is 11.7 Å². The number of methoxy groups -OCH3 is 1. The Morgan fingerprint density at radius 3 is 2.79 bits per heavy atom. The number of ether oxygens (including phenoxy) is 1. The first-order valence-corrected chi connectivity index (χ1v) is 5.95. The van der Waals surface area contributed by atoms with Gasteiger partial charge in [0, 0.05) is 16.3 Å². The molecule has 0 aliphatic carbocycles. The van der Waals surface area contributed by atoms with Gasteiger partial charge in [-0.3, -0.25) is 0 Å². The first-order valence-electron chi connectivity index (χ1n) is 5.07. The van der Waals surface area contributed by atoms with Crippen LogP contribution in [0.3, 0.4) is 0 Å². The predicted octanol–water partition coefficient (Wildman–Crippen LogP) is 3.19. The molecule has 80 valence electrons. The Hall–Kier alpha value is -0.540. The Bertz CT molecular complexity index is 272. The standard InChI is InChI=1S/C11H19NOS/c1-4-5-8(2)11(12)10-6-9(13-3)7-14-10/h6-8,11H,4-5,12H2,1-3H3. The lowest BCUT2D eigenvalue weighted by atomic mass is 9.96. The van der Waals surface area contributed by atoms with Crippen LogP contribution in [0.2, 0.25) is 0 Å². The van der Waals surface area contributed by atoms with Crippen LogP contribution in [0.5, 0.6) is 5.75 Å². The highest BCUT2D eigenvalue weighted by molar-refractivity contribution is 7.10. The molecule has 0 radical (unpaired) electrons. The number of hydrogen-bond acceptors (Lipinski definition) is 3. The molecule has 0 aliphatic rings. The first-order chi connectivity index (χ1) is 6.69. The molecule has 0 aliphatic heterocycles. The SMILES string of the molecule is CCCC(C)C(N)c1cc(OC)cs1. The maximum Gasteiger partial charge on any atom is 0.129 e. The van der Waals surface area contributed by atoms with Gasteiger partial charge in [-0.15, -0.1) is 11.3 Å². The van der Waals surface area contributed by atoms with Gasteiger partial charge in [0.05, 0.1) is 7.11 Å². The van der Waals surface area contributed by atoms with E-state index in [9.17, 15) is 0 Å². The highest BCUT2D eigenvalue weighted by atomic mass is 32.1. The Kier molecular flexibility index (Phi) is 4.42. The van der Waals surface area contributed by atoms with Gasteiger partial charge in [-0.05, 0) is 18.4 Å². The molecule has 1 aromatic heterocycles. The maximum absolute atomic E-state index is 6.15. The van der Waals surface area contributed by atoms with Crippen molar-refractivity contribution in [2.75, 3.05) is 7.11 Å². The highest BCUT2D eigenvalue weighted by Crippen LogP contribution is 2.31. The Labute approximate surface area is 90.1 Å². The third-order valence-corrected chi connectivity index (χ3v) is 3.53. The first kappa shape index (κ1) is 11.5. The summed E-state index contributed by atoms with van der Waals surface area (Å²) in [6.07, 6.45) is 2.37. The summed E-state index contributed by atoms with van der Waals surface area (Å²) in [5, 5.41) is 2.01. The topological polar surface area (TPSA) is 35.2 Å². The molecule has 2 atom stereocenters. The van der Waals surface area contributed by atoms with Gasteiger partial charge in [0.2, 0.25) is 0 Å². The van der Waals surface area contributed by atoms with E-state index in [0.717, 1.165) is 5.75 Å². The van der Waals surface area contributed by atoms with Crippen molar-refractivity contribution in [2.45, 2.75) is 32.7 Å². The number of nitrogens with two attached hydrogens (primary N) is 1. The smallest absolute Gasteiger partial charge is 0.129 e. The summed E-state index contributed by atoms with van der Waals surface area (Å²) in [6, 6.07) is 2.20. The summed E-state index contributed by atoms with van der Waals surface area (Å²) in [7, 11) is 1.69. The predicted molar refractivity (Wildman–Crippen MR) is 61.9 cm³/mol. The zero-order valence-electron chi connectivity index (χ0n) is 9.12. The van der Waals surface area contributed by atoms with Gasteiger partial charge in [0.15, 0.2) is 0 Å². The van der Waals surface area contributed by atoms with E-state index in [0.29, 0.717) is 5.92 Å². The molecule has 2 unspecified atom stereocenters. The molecule has 1 heterocycles. The second kappa shape index (κ2) is 5.37. The van der Waals surface area contributed by atoms with Crippen LogP contribution >= 0.6 is 11.3 Å². The van der Waals surface area contributed by atoms with Gasteiger partial charge in [0.25, 0.3) is 0 Å². The van der Waals surface area contributed by atoms with E-state index >= 15 is 0 Å². The average molecular weight is 213 g/mol. The van der Waals surface area contributed by atoms with E-state index in [-0.39, 0.29) is 6.04 Å². The molecule has 14 heavy (non-hydrogen) atoms. The molecule has 0 saturated carbocycles. The third-order valence-electron chi connectivity index (χ3n) is 2.52. The minimum atomic E-state index is 0.156. The van der Waals surface area contributed by atoms with Gasteiger partial charge >= 0.3 is 0 Å². The normalized spacial score (nSPS) is 15.1. The summed E-state index contributed by atoms with van der Waals surface area (Å²) < 4.78 is 5.14. The molecule has 0 amide bonds. The number of thiophene rings is 1. The van der Waals surface area contributed by atoms with Crippen LogP contribution in [0.1, 0.15) is 37.6 Å². The summed E-state index contributed by atoms with van der Waals surface area (Å²) in [5.41, 5.74) is 6.15.